The highest BCUT2D eigenvalue weighted by Crippen LogP contribution is 2.36. The van der Waals surface area contributed by atoms with Gasteiger partial charge in [0.1, 0.15) is 0 Å². The maximum absolute atomic E-state index is 13.0. The molecule has 30 heavy (non-hydrogen) atoms. The van der Waals surface area contributed by atoms with Gasteiger partial charge in [-0.05, 0) is 47.9 Å². The molecule has 3 rings (SSSR count). The molecule has 1 amide bonds. The number of hydrogen-bond donors (Lipinski definition) is 1. The molecular weight excluding hydrogens is 408 g/mol. The molecule has 8 heteroatoms. The zero-order valence-corrected chi connectivity index (χ0v) is 15.5. The Morgan fingerprint density at radius 2 is 1.30 bits per heavy atom. The van der Waals surface area contributed by atoms with Gasteiger partial charge < -0.3 is 5.32 Å². The molecule has 3 aromatic rings. The molecule has 0 spiro atoms. The second kappa shape index (κ2) is 7.85. The largest absolute Gasteiger partial charge is 0.416 e. The first-order chi connectivity index (χ1) is 13.9. The zero-order chi connectivity index (χ0) is 22.1. The Kier molecular flexibility index (Phi) is 5.61. The number of hydrogen-bond acceptors (Lipinski definition) is 1. The number of amides is 1. The first kappa shape index (κ1) is 21.4. The molecule has 2 nitrogen and oxygen atoms in total. The quantitative estimate of drug-likeness (QED) is 0.454. The summed E-state index contributed by atoms with van der Waals surface area (Å²) in [5.41, 5.74) is -1.36. The van der Waals surface area contributed by atoms with Crippen molar-refractivity contribution >= 4 is 11.6 Å². The van der Waals surface area contributed by atoms with Crippen LogP contribution in [0.25, 0.3) is 11.1 Å². The number of anilines is 1. The SMILES string of the molecule is Cc1ccc(-c2ccccc2)cc1NC(=O)c1cc(C(F)(F)F)cc(C(F)(F)F)c1. The molecule has 0 radical (unpaired) electrons. The maximum atomic E-state index is 13.0. The molecule has 0 saturated carbocycles. The molecule has 3 aromatic carbocycles. The summed E-state index contributed by atoms with van der Waals surface area (Å²) >= 11 is 0. The van der Waals surface area contributed by atoms with Crippen molar-refractivity contribution in [3.63, 3.8) is 0 Å². The number of carbonyl (C=O) groups excluding carboxylic acids is 1. The third-order valence-electron chi connectivity index (χ3n) is 4.44. The lowest BCUT2D eigenvalue weighted by molar-refractivity contribution is -0.143. The molecule has 0 aliphatic carbocycles. The number of alkyl halides is 6. The van der Waals surface area contributed by atoms with Gasteiger partial charge in [-0.25, -0.2) is 0 Å². The molecule has 0 saturated heterocycles. The monoisotopic (exact) mass is 423 g/mol. The highest BCUT2D eigenvalue weighted by atomic mass is 19.4. The van der Waals surface area contributed by atoms with E-state index >= 15 is 0 Å². The van der Waals surface area contributed by atoms with Crippen molar-refractivity contribution in [3.8, 4) is 11.1 Å². The van der Waals surface area contributed by atoms with E-state index in [2.05, 4.69) is 5.32 Å². The normalized spacial score (nSPS) is 12.0. The van der Waals surface area contributed by atoms with E-state index in [1.165, 1.54) is 0 Å². The highest BCUT2D eigenvalue weighted by Gasteiger charge is 2.37. The third kappa shape index (κ3) is 4.82. The Hall–Kier alpha value is -3.29. The Morgan fingerprint density at radius 3 is 1.83 bits per heavy atom. The number of nitrogens with one attached hydrogen (secondary N) is 1. The van der Waals surface area contributed by atoms with Crippen LogP contribution in [0.5, 0.6) is 0 Å². The summed E-state index contributed by atoms with van der Waals surface area (Å²) in [5.74, 6) is -1.07. The molecule has 0 aromatic heterocycles. The average molecular weight is 423 g/mol. The van der Waals surface area contributed by atoms with Crippen LogP contribution in [0.2, 0.25) is 0 Å². The highest BCUT2D eigenvalue weighted by molar-refractivity contribution is 6.05. The summed E-state index contributed by atoms with van der Waals surface area (Å²) < 4.78 is 78.2. The van der Waals surface area contributed by atoms with Crippen molar-refractivity contribution < 1.29 is 31.1 Å². The lowest BCUT2D eigenvalue weighted by atomic mass is 10.0. The predicted octanol–water partition coefficient (Wildman–Crippen LogP) is 6.95. The average Bonchev–Trinajstić information content (AvgIpc) is 2.68. The van der Waals surface area contributed by atoms with Crippen molar-refractivity contribution in [3.05, 3.63) is 89.0 Å². The molecule has 0 atom stereocenters. The van der Waals surface area contributed by atoms with Crippen LogP contribution in [-0.4, -0.2) is 5.91 Å². The van der Waals surface area contributed by atoms with Gasteiger partial charge in [-0.1, -0.05) is 42.5 Å². The molecule has 1 N–H and O–H groups in total. The Labute approximate surface area is 168 Å². The van der Waals surface area contributed by atoms with E-state index < -0.39 is 35.0 Å². The van der Waals surface area contributed by atoms with Crippen LogP contribution in [0.4, 0.5) is 32.0 Å². The molecular formula is C22H15F6NO. The fourth-order valence-electron chi connectivity index (χ4n) is 2.85. The Balaban J connectivity index is 1.98. The summed E-state index contributed by atoms with van der Waals surface area (Å²) in [4.78, 5) is 12.5. The lowest BCUT2D eigenvalue weighted by Crippen LogP contribution is -2.17. The summed E-state index contributed by atoms with van der Waals surface area (Å²) in [6, 6.07) is 15.0. The predicted molar refractivity (Wildman–Crippen MR) is 101 cm³/mol. The van der Waals surface area contributed by atoms with Gasteiger partial charge >= 0.3 is 12.4 Å². The van der Waals surface area contributed by atoms with Crippen LogP contribution in [0.1, 0.15) is 27.0 Å². The van der Waals surface area contributed by atoms with Crippen LogP contribution in [-0.2, 0) is 12.4 Å². The van der Waals surface area contributed by atoms with Gasteiger partial charge in [0.05, 0.1) is 11.1 Å². The van der Waals surface area contributed by atoms with E-state index in [9.17, 15) is 31.1 Å². The number of rotatable bonds is 3. The van der Waals surface area contributed by atoms with E-state index in [1.54, 1.807) is 25.1 Å². The second-order valence-corrected chi connectivity index (χ2v) is 6.64. The molecule has 156 valence electrons. The first-order valence-electron chi connectivity index (χ1n) is 8.72. The van der Waals surface area contributed by atoms with E-state index in [4.69, 9.17) is 0 Å². The minimum atomic E-state index is -5.03. The fraction of sp³-hybridized carbons (Fsp3) is 0.136. The van der Waals surface area contributed by atoms with Gasteiger partial charge in [0.2, 0.25) is 0 Å². The minimum Gasteiger partial charge on any atom is -0.322 e. The molecule has 0 aliphatic rings. The van der Waals surface area contributed by atoms with E-state index in [-0.39, 0.29) is 11.8 Å². The second-order valence-electron chi connectivity index (χ2n) is 6.64. The standard InChI is InChI=1S/C22H15F6NO/c1-13-7-8-15(14-5-3-2-4-6-14)11-19(13)29-20(30)16-9-17(21(23,24)25)12-18(10-16)22(26,27)28/h2-12H,1H3,(H,29,30). The van der Waals surface area contributed by atoms with E-state index in [1.807, 2.05) is 30.3 Å². The van der Waals surface area contributed by atoms with Crippen molar-refractivity contribution in [2.75, 3.05) is 5.32 Å². The minimum absolute atomic E-state index is 0.0158. The summed E-state index contributed by atoms with van der Waals surface area (Å²) in [6.45, 7) is 1.66. The topological polar surface area (TPSA) is 29.1 Å². The Morgan fingerprint density at radius 1 is 0.733 bits per heavy atom. The molecule has 0 heterocycles. The van der Waals surface area contributed by atoms with Gasteiger partial charge in [-0.3, -0.25) is 4.79 Å². The third-order valence-corrected chi connectivity index (χ3v) is 4.44. The first-order valence-corrected chi connectivity index (χ1v) is 8.72. The lowest BCUT2D eigenvalue weighted by Gasteiger charge is -2.15. The molecule has 0 aliphatic heterocycles. The molecule has 0 fully saturated rings. The molecule has 0 bridgehead atoms. The van der Waals surface area contributed by atoms with Crippen molar-refractivity contribution in [2.45, 2.75) is 19.3 Å². The summed E-state index contributed by atoms with van der Waals surface area (Å²) in [6.07, 6.45) is -10.1. The zero-order valence-electron chi connectivity index (χ0n) is 15.5. The van der Waals surface area contributed by atoms with Crippen molar-refractivity contribution in [1.29, 1.82) is 0 Å². The van der Waals surface area contributed by atoms with Gasteiger partial charge in [0.15, 0.2) is 0 Å². The number of carbonyl (C=O) groups is 1. The summed E-state index contributed by atoms with van der Waals surface area (Å²) in [5, 5.41) is 2.42. The summed E-state index contributed by atoms with van der Waals surface area (Å²) in [7, 11) is 0. The van der Waals surface area contributed by atoms with Gasteiger partial charge in [-0.15, -0.1) is 0 Å². The van der Waals surface area contributed by atoms with Crippen molar-refractivity contribution in [1.82, 2.24) is 0 Å². The smallest absolute Gasteiger partial charge is 0.322 e. The fourth-order valence-corrected chi connectivity index (χ4v) is 2.85. The van der Waals surface area contributed by atoms with Crippen LogP contribution >= 0.6 is 0 Å². The van der Waals surface area contributed by atoms with Crippen LogP contribution in [0.3, 0.4) is 0 Å². The van der Waals surface area contributed by atoms with Gasteiger partial charge in [-0.2, -0.15) is 26.3 Å². The van der Waals surface area contributed by atoms with Crippen molar-refractivity contribution in [2.24, 2.45) is 0 Å². The number of aryl methyl sites for hydroxylation is 1. The van der Waals surface area contributed by atoms with Crippen LogP contribution < -0.4 is 5.32 Å². The van der Waals surface area contributed by atoms with Crippen LogP contribution in [0.15, 0.2) is 66.7 Å². The maximum Gasteiger partial charge on any atom is 0.416 e. The number of halogens is 6. The van der Waals surface area contributed by atoms with Gasteiger partial charge in [0, 0.05) is 11.3 Å². The van der Waals surface area contributed by atoms with Crippen LogP contribution in [0, 0.1) is 6.92 Å². The van der Waals surface area contributed by atoms with E-state index in [0.717, 1.165) is 11.1 Å². The van der Waals surface area contributed by atoms with Gasteiger partial charge in [0.25, 0.3) is 5.91 Å². The Bertz CT molecular complexity index is 1040. The number of benzene rings is 3. The molecule has 0 unspecified atom stereocenters. The van der Waals surface area contributed by atoms with E-state index in [0.29, 0.717) is 17.7 Å².